The van der Waals surface area contributed by atoms with Crippen LogP contribution >= 0.6 is 0 Å². The fourth-order valence-electron chi connectivity index (χ4n) is 3.73. The highest BCUT2D eigenvalue weighted by Crippen LogP contribution is 2.28. The molecule has 3 heteroatoms. The SMILES string of the molecule is CCC(C)c1ccccc1OCC(O)CN(CC)C1CCCCC1. The largest absolute Gasteiger partial charge is 0.491 e. The predicted octanol–water partition coefficient (Wildman–Crippen LogP) is 4.59. The van der Waals surface area contributed by atoms with E-state index >= 15 is 0 Å². The van der Waals surface area contributed by atoms with Crippen LogP contribution in [0.15, 0.2) is 24.3 Å². The summed E-state index contributed by atoms with van der Waals surface area (Å²) in [5.41, 5.74) is 1.24. The van der Waals surface area contributed by atoms with Crippen LogP contribution in [0.3, 0.4) is 0 Å². The Morgan fingerprint density at radius 3 is 2.54 bits per heavy atom. The Bertz CT molecular complexity index is 471. The molecular formula is C21H35NO2. The fraction of sp³-hybridized carbons (Fsp3) is 0.714. The number of aliphatic hydroxyl groups is 1. The van der Waals surface area contributed by atoms with Crippen LogP contribution in [0.25, 0.3) is 0 Å². The molecule has 0 heterocycles. The monoisotopic (exact) mass is 333 g/mol. The number of benzene rings is 1. The predicted molar refractivity (Wildman–Crippen MR) is 101 cm³/mol. The van der Waals surface area contributed by atoms with E-state index in [1.807, 2.05) is 12.1 Å². The second-order valence-corrected chi connectivity index (χ2v) is 7.19. The molecule has 0 radical (unpaired) electrons. The van der Waals surface area contributed by atoms with Gasteiger partial charge in [-0.3, -0.25) is 4.90 Å². The first-order valence-corrected chi connectivity index (χ1v) is 9.79. The van der Waals surface area contributed by atoms with Gasteiger partial charge in [-0.2, -0.15) is 0 Å². The van der Waals surface area contributed by atoms with Crippen LogP contribution in [0.4, 0.5) is 0 Å². The zero-order chi connectivity index (χ0) is 17.4. The van der Waals surface area contributed by atoms with Gasteiger partial charge < -0.3 is 9.84 Å². The molecule has 2 atom stereocenters. The Kier molecular flexibility index (Phi) is 8.07. The molecule has 0 bridgehead atoms. The van der Waals surface area contributed by atoms with Gasteiger partial charge in [0.05, 0.1) is 0 Å². The Hall–Kier alpha value is -1.06. The number of hydrogen-bond donors (Lipinski definition) is 1. The zero-order valence-electron chi connectivity index (χ0n) is 15.7. The average Bonchev–Trinajstić information content (AvgIpc) is 2.64. The van der Waals surface area contributed by atoms with E-state index in [0.29, 0.717) is 25.1 Å². The first-order chi connectivity index (χ1) is 11.7. The average molecular weight is 334 g/mol. The maximum atomic E-state index is 10.5. The van der Waals surface area contributed by atoms with Crippen molar-refractivity contribution in [2.45, 2.75) is 77.4 Å². The van der Waals surface area contributed by atoms with Crippen molar-refractivity contribution in [1.29, 1.82) is 0 Å². The third kappa shape index (κ3) is 5.49. The first-order valence-electron chi connectivity index (χ1n) is 9.79. The van der Waals surface area contributed by atoms with Crippen LogP contribution in [0.5, 0.6) is 5.75 Å². The summed E-state index contributed by atoms with van der Waals surface area (Å²) < 4.78 is 5.98. The number of likely N-dealkylation sites (N-methyl/N-ethyl adjacent to an activating group) is 1. The minimum atomic E-state index is -0.433. The molecule has 1 N–H and O–H groups in total. The molecule has 0 aliphatic heterocycles. The van der Waals surface area contributed by atoms with Crippen LogP contribution in [0.2, 0.25) is 0 Å². The lowest BCUT2D eigenvalue weighted by Gasteiger charge is -2.34. The molecule has 3 nitrogen and oxygen atoms in total. The Morgan fingerprint density at radius 1 is 1.17 bits per heavy atom. The highest BCUT2D eigenvalue weighted by Gasteiger charge is 2.22. The third-order valence-corrected chi connectivity index (χ3v) is 5.44. The van der Waals surface area contributed by atoms with Crippen molar-refractivity contribution in [3.8, 4) is 5.75 Å². The standard InChI is InChI=1S/C21H35NO2/c1-4-17(3)20-13-9-10-14-21(20)24-16-19(23)15-22(5-2)18-11-7-6-8-12-18/h9-10,13-14,17-19,23H,4-8,11-12,15-16H2,1-3H3. The molecular weight excluding hydrogens is 298 g/mol. The van der Waals surface area contributed by atoms with E-state index in [2.05, 4.69) is 37.8 Å². The molecule has 0 saturated heterocycles. The van der Waals surface area contributed by atoms with Gasteiger partial charge in [0.2, 0.25) is 0 Å². The van der Waals surface area contributed by atoms with Gasteiger partial charge in [0.15, 0.2) is 0 Å². The van der Waals surface area contributed by atoms with E-state index in [0.717, 1.165) is 18.7 Å². The molecule has 0 aromatic heterocycles. The molecule has 1 aliphatic carbocycles. The molecule has 1 aromatic rings. The molecule has 1 saturated carbocycles. The first kappa shape index (κ1) is 19.3. The maximum absolute atomic E-state index is 10.5. The summed E-state index contributed by atoms with van der Waals surface area (Å²) >= 11 is 0. The molecule has 1 fully saturated rings. The third-order valence-electron chi connectivity index (χ3n) is 5.44. The van der Waals surface area contributed by atoms with E-state index in [1.54, 1.807) is 0 Å². The number of ether oxygens (including phenoxy) is 1. The Morgan fingerprint density at radius 2 is 1.88 bits per heavy atom. The number of hydrogen-bond acceptors (Lipinski definition) is 3. The van der Waals surface area contributed by atoms with Crippen molar-refractivity contribution in [3.63, 3.8) is 0 Å². The van der Waals surface area contributed by atoms with E-state index in [9.17, 15) is 5.11 Å². The summed E-state index contributed by atoms with van der Waals surface area (Å²) in [5.74, 6) is 1.40. The van der Waals surface area contributed by atoms with E-state index in [1.165, 1.54) is 37.7 Å². The normalized spacial score (nSPS) is 18.5. The van der Waals surface area contributed by atoms with E-state index in [4.69, 9.17) is 4.74 Å². The van der Waals surface area contributed by atoms with Gasteiger partial charge >= 0.3 is 0 Å². The summed E-state index contributed by atoms with van der Waals surface area (Å²) in [4.78, 5) is 2.44. The molecule has 1 aliphatic rings. The van der Waals surface area contributed by atoms with Crippen molar-refractivity contribution in [2.24, 2.45) is 0 Å². The summed E-state index contributed by atoms with van der Waals surface area (Å²) in [6.45, 7) is 8.70. The lowest BCUT2D eigenvalue weighted by molar-refractivity contribution is 0.0460. The van der Waals surface area contributed by atoms with Crippen molar-refractivity contribution >= 4 is 0 Å². The van der Waals surface area contributed by atoms with Crippen molar-refractivity contribution < 1.29 is 9.84 Å². The molecule has 136 valence electrons. The molecule has 0 spiro atoms. The smallest absolute Gasteiger partial charge is 0.122 e. The minimum Gasteiger partial charge on any atom is -0.491 e. The highest BCUT2D eigenvalue weighted by molar-refractivity contribution is 5.35. The number of para-hydroxylation sites is 1. The molecule has 2 rings (SSSR count). The molecule has 1 aromatic carbocycles. The number of rotatable bonds is 9. The summed E-state index contributed by atoms with van der Waals surface area (Å²) in [5, 5.41) is 10.5. The van der Waals surface area contributed by atoms with Crippen molar-refractivity contribution in [1.82, 2.24) is 4.90 Å². The second kappa shape index (κ2) is 10.0. The zero-order valence-corrected chi connectivity index (χ0v) is 15.7. The molecule has 0 amide bonds. The molecule has 2 unspecified atom stereocenters. The summed E-state index contributed by atoms with van der Waals surface area (Å²) in [6, 6.07) is 8.87. The van der Waals surface area contributed by atoms with Crippen LogP contribution in [-0.2, 0) is 0 Å². The summed E-state index contributed by atoms with van der Waals surface area (Å²) in [7, 11) is 0. The van der Waals surface area contributed by atoms with Crippen LogP contribution < -0.4 is 4.74 Å². The van der Waals surface area contributed by atoms with Crippen LogP contribution in [0.1, 0.15) is 70.8 Å². The summed E-state index contributed by atoms with van der Waals surface area (Å²) in [6.07, 6.45) is 7.24. The Balaban J connectivity index is 1.87. The highest BCUT2D eigenvalue weighted by atomic mass is 16.5. The van der Waals surface area contributed by atoms with Gasteiger partial charge in [-0.15, -0.1) is 0 Å². The van der Waals surface area contributed by atoms with Gasteiger partial charge in [0.25, 0.3) is 0 Å². The topological polar surface area (TPSA) is 32.7 Å². The van der Waals surface area contributed by atoms with Gasteiger partial charge in [-0.1, -0.05) is 58.2 Å². The number of aliphatic hydroxyl groups excluding tert-OH is 1. The lowest BCUT2D eigenvalue weighted by atomic mass is 9.94. The maximum Gasteiger partial charge on any atom is 0.122 e. The van der Waals surface area contributed by atoms with Crippen LogP contribution in [0, 0.1) is 0 Å². The fourth-order valence-corrected chi connectivity index (χ4v) is 3.73. The van der Waals surface area contributed by atoms with Gasteiger partial charge in [0.1, 0.15) is 18.5 Å². The second-order valence-electron chi connectivity index (χ2n) is 7.19. The number of nitrogens with zero attached hydrogens (tertiary/aromatic N) is 1. The lowest BCUT2D eigenvalue weighted by Crippen LogP contribution is -2.43. The van der Waals surface area contributed by atoms with Gasteiger partial charge in [-0.25, -0.2) is 0 Å². The van der Waals surface area contributed by atoms with Crippen molar-refractivity contribution in [3.05, 3.63) is 29.8 Å². The van der Waals surface area contributed by atoms with Gasteiger partial charge in [0, 0.05) is 12.6 Å². The van der Waals surface area contributed by atoms with Crippen LogP contribution in [-0.4, -0.2) is 41.8 Å². The van der Waals surface area contributed by atoms with E-state index < -0.39 is 6.10 Å². The van der Waals surface area contributed by atoms with Gasteiger partial charge in [-0.05, 0) is 43.4 Å². The van der Waals surface area contributed by atoms with Crippen molar-refractivity contribution in [2.75, 3.05) is 19.7 Å². The quantitative estimate of drug-likeness (QED) is 0.717. The van der Waals surface area contributed by atoms with E-state index in [-0.39, 0.29) is 0 Å². The minimum absolute atomic E-state index is 0.372. The molecule has 24 heavy (non-hydrogen) atoms. The Labute approximate surface area is 148 Å².